The standard InChI is InChI=1S/C52H90NO10P/c1-8-10-12-13-23-30-36-49-50(63-49)37-31-25-20-18-22-27-33-39-52(55)61-46(43-60-64(56,57)59-41-40-53(5,6)7)42-58-51(54)38-32-26-21-17-15-14-16-19-24-29-35-48-45(4)44(3)47(62-48)34-28-11-9-2/h18,22-23,25,30-31,46,49-50H,8-17,19-21,24,26-29,32-43H2,1-7H3/b22-18-,30-23-,31-25-/t46-,49?,50?/m1/s1. The number of phosphoric ester groups is 1. The van der Waals surface area contributed by atoms with Crippen LogP contribution in [0.4, 0.5) is 0 Å². The lowest BCUT2D eigenvalue weighted by molar-refractivity contribution is -0.870. The van der Waals surface area contributed by atoms with E-state index in [0.717, 1.165) is 57.8 Å². The molecule has 1 saturated heterocycles. The molecule has 1 aromatic rings. The van der Waals surface area contributed by atoms with Crippen molar-refractivity contribution in [2.24, 2.45) is 0 Å². The molecule has 0 amide bonds. The fourth-order valence-electron chi connectivity index (χ4n) is 7.40. The van der Waals surface area contributed by atoms with Gasteiger partial charge in [0.05, 0.1) is 40.0 Å². The van der Waals surface area contributed by atoms with Crippen molar-refractivity contribution in [2.45, 2.75) is 213 Å². The van der Waals surface area contributed by atoms with Crippen molar-refractivity contribution in [2.75, 3.05) is 47.5 Å². The Labute approximate surface area is 389 Å². The number of carbonyl (C=O) groups excluding carboxylic acids is 2. The first-order chi connectivity index (χ1) is 30.7. The average Bonchev–Trinajstić information content (AvgIpc) is 3.94. The van der Waals surface area contributed by atoms with Gasteiger partial charge >= 0.3 is 11.9 Å². The van der Waals surface area contributed by atoms with Crippen LogP contribution in [0.2, 0.25) is 0 Å². The molecule has 0 saturated carbocycles. The molecule has 0 aromatic carbocycles. The molecule has 0 aliphatic carbocycles. The van der Waals surface area contributed by atoms with Crippen LogP contribution < -0.4 is 4.89 Å². The minimum absolute atomic E-state index is 0.0494. The minimum Gasteiger partial charge on any atom is -0.756 e. The highest BCUT2D eigenvalue weighted by Gasteiger charge is 2.36. The van der Waals surface area contributed by atoms with Crippen LogP contribution in [0.1, 0.15) is 191 Å². The third-order valence-corrected chi connectivity index (χ3v) is 12.7. The molecule has 0 bridgehead atoms. The third-order valence-electron chi connectivity index (χ3n) is 11.8. The van der Waals surface area contributed by atoms with Crippen molar-refractivity contribution in [1.29, 1.82) is 0 Å². The number of aryl methyl sites for hydroxylation is 2. The van der Waals surface area contributed by atoms with E-state index >= 15 is 0 Å². The van der Waals surface area contributed by atoms with E-state index in [9.17, 15) is 19.0 Å². The molecule has 368 valence electrons. The van der Waals surface area contributed by atoms with Crippen LogP contribution in [0.25, 0.3) is 0 Å². The number of quaternary nitrogens is 1. The van der Waals surface area contributed by atoms with Gasteiger partial charge in [0.25, 0.3) is 7.82 Å². The maximum atomic E-state index is 12.7. The summed E-state index contributed by atoms with van der Waals surface area (Å²) >= 11 is 0. The number of epoxide rings is 1. The fourth-order valence-corrected chi connectivity index (χ4v) is 8.13. The highest BCUT2D eigenvalue weighted by molar-refractivity contribution is 7.45. The Morgan fingerprint density at radius 2 is 1.17 bits per heavy atom. The Bertz CT molecular complexity index is 1530. The zero-order chi connectivity index (χ0) is 46.9. The van der Waals surface area contributed by atoms with Crippen LogP contribution in [0.5, 0.6) is 0 Å². The van der Waals surface area contributed by atoms with Crippen molar-refractivity contribution < 1.29 is 51.2 Å². The zero-order valence-corrected chi connectivity index (χ0v) is 42.3. The van der Waals surface area contributed by atoms with Gasteiger partial charge in [-0.25, -0.2) is 0 Å². The summed E-state index contributed by atoms with van der Waals surface area (Å²) in [5, 5.41) is 0. The first-order valence-electron chi connectivity index (χ1n) is 25.2. The predicted octanol–water partition coefficient (Wildman–Crippen LogP) is 12.5. The van der Waals surface area contributed by atoms with E-state index in [4.69, 9.17) is 27.7 Å². The number of ether oxygens (including phenoxy) is 3. The number of esters is 2. The summed E-state index contributed by atoms with van der Waals surface area (Å²) < 4.78 is 46.0. The SMILES string of the molecule is CCCCC/C=C\CC1OC1C/C=C\C/C=C\CCCC(=O)O[C@H](COC(=O)CCCCCCCCCCCCc1oc(CCCCC)c(C)c1C)COP(=O)([O-])OCC[N+](C)(C)C. The summed E-state index contributed by atoms with van der Waals surface area (Å²) in [6.45, 7) is 8.47. The van der Waals surface area contributed by atoms with E-state index in [1.54, 1.807) is 0 Å². The molecule has 11 nitrogen and oxygen atoms in total. The van der Waals surface area contributed by atoms with E-state index in [0.29, 0.717) is 42.5 Å². The molecule has 0 radical (unpaired) electrons. The predicted molar refractivity (Wildman–Crippen MR) is 257 cm³/mol. The van der Waals surface area contributed by atoms with E-state index in [1.807, 2.05) is 27.2 Å². The van der Waals surface area contributed by atoms with Crippen LogP contribution in [0.15, 0.2) is 40.9 Å². The first kappa shape index (κ1) is 57.6. The highest BCUT2D eigenvalue weighted by Crippen LogP contribution is 2.38. The summed E-state index contributed by atoms with van der Waals surface area (Å²) in [6.07, 6.45) is 38.8. The molecule has 1 aromatic heterocycles. The molecule has 0 N–H and O–H groups in total. The lowest BCUT2D eigenvalue weighted by atomic mass is 10.0. The van der Waals surface area contributed by atoms with Gasteiger partial charge in [-0.1, -0.05) is 127 Å². The second-order valence-electron chi connectivity index (χ2n) is 18.8. The lowest BCUT2D eigenvalue weighted by Crippen LogP contribution is -2.37. The highest BCUT2D eigenvalue weighted by atomic mass is 31.2. The maximum Gasteiger partial charge on any atom is 0.306 e. The smallest absolute Gasteiger partial charge is 0.306 e. The minimum atomic E-state index is -4.66. The van der Waals surface area contributed by atoms with Gasteiger partial charge in [-0.15, -0.1) is 0 Å². The summed E-state index contributed by atoms with van der Waals surface area (Å²) in [7, 11) is 1.11. The number of hydrogen-bond acceptors (Lipinski definition) is 10. The van der Waals surface area contributed by atoms with Crippen molar-refractivity contribution in [1.82, 2.24) is 0 Å². The molecular weight excluding hydrogens is 830 g/mol. The number of likely N-dealkylation sites (N-methyl/N-ethyl adjacent to an activating group) is 1. The van der Waals surface area contributed by atoms with Gasteiger partial charge in [0.2, 0.25) is 0 Å². The van der Waals surface area contributed by atoms with Crippen LogP contribution in [-0.2, 0) is 50.3 Å². The summed E-state index contributed by atoms with van der Waals surface area (Å²) in [6, 6.07) is 0. The molecule has 2 rings (SSSR count). The number of carbonyl (C=O) groups is 2. The van der Waals surface area contributed by atoms with E-state index in [-0.39, 0.29) is 26.1 Å². The Kier molecular flexibility index (Phi) is 31.3. The summed E-state index contributed by atoms with van der Waals surface area (Å²) in [4.78, 5) is 37.8. The lowest BCUT2D eigenvalue weighted by Gasteiger charge is -2.28. The number of rotatable bonds is 41. The van der Waals surface area contributed by atoms with Gasteiger partial charge in [-0.05, 0) is 89.2 Å². The number of phosphoric acid groups is 1. The van der Waals surface area contributed by atoms with E-state index in [2.05, 4.69) is 58.1 Å². The molecule has 12 heteroatoms. The summed E-state index contributed by atoms with van der Waals surface area (Å²) in [5.74, 6) is 1.45. The molecule has 64 heavy (non-hydrogen) atoms. The zero-order valence-electron chi connectivity index (χ0n) is 41.4. The largest absolute Gasteiger partial charge is 0.756 e. The number of allylic oxidation sites excluding steroid dienone is 4. The van der Waals surface area contributed by atoms with Crippen LogP contribution in [0.3, 0.4) is 0 Å². The average molecular weight is 920 g/mol. The van der Waals surface area contributed by atoms with Crippen LogP contribution in [0, 0.1) is 13.8 Å². The van der Waals surface area contributed by atoms with Gasteiger partial charge in [-0.3, -0.25) is 14.2 Å². The monoisotopic (exact) mass is 920 g/mol. The summed E-state index contributed by atoms with van der Waals surface area (Å²) in [5.41, 5.74) is 2.69. The molecule has 3 unspecified atom stereocenters. The number of furan rings is 1. The van der Waals surface area contributed by atoms with Crippen LogP contribution in [-0.4, -0.2) is 82.2 Å². The van der Waals surface area contributed by atoms with Crippen molar-refractivity contribution >= 4 is 19.8 Å². The quantitative estimate of drug-likeness (QED) is 0.0156. The number of hydrogen-bond donors (Lipinski definition) is 0. The van der Waals surface area contributed by atoms with E-state index in [1.165, 1.54) is 99.7 Å². The van der Waals surface area contributed by atoms with Gasteiger partial charge in [-0.2, -0.15) is 0 Å². The van der Waals surface area contributed by atoms with Crippen molar-refractivity contribution in [3.63, 3.8) is 0 Å². The fraction of sp³-hybridized carbons (Fsp3) is 0.769. The van der Waals surface area contributed by atoms with E-state index < -0.39 is 32.5 Å². The molecule has 2 heterocycles. The molecule has 1 aliphatic rings. The van der Waals surface area contributed by atoms with Crippen LogP contribution >= 0.6 is 7.82 Å². The van der Waals surface area contributed by atoms with Crippen molar-refractivity contribution in [3.8, 4) is 0 Å². The Balaban J connectivity index is 1.61. The topological polar surface area (TPSA) is 137 Å². The molecule has 1 aliphatic heterocycles. The van der Waals surface area contributed by atoms with Crippen molar-refractivity contribution in [3.05, 3.63) is 59.1 Å². The second-order valence-corrected chi connectivity index (χ2v) is 20.2. The normalized spacial score (nSPS) is 16.9. The second kappa shape index (κ2) is 34.7. The first-order valence-corrected chi connectivity index (χ1v) is 26.6. The third kappa shape index (κ3) is 29.9. The molecule has 0 spiro atoms. The molecule has 1 fully saturated rings. The Morgan fingerprint density at radius 3 is 1.80 bits per heavy atom. The van der Waals surface area contributed by atoms with Gasteiger partial charge in [0.15, 0.2) is 6.10 Å². The Hall–Kier alpha value is -2.53. The van der Waals surface area contributed by atoms with Gasteiger partial charge < -0.3 is 37.1 Å². The Morgan fingerprint density at radius 1 is 0.656 bits per heavy atom. The van der Waals surface area contributed by atoms with Gasteiger partial charge in [0.1, 0.15) is 31.3 Å². The number of nitrogens with zero attached hydrogens (tertiary/aromatic N) is 1. The number of unbranched alkanes of at least 4 members (excludes halogenated alkanes) is 15. The van der Waals surface area contributed by atoms with Gasteiger partial charge in [0, 0.05) is 25.7 Å². The molecule has 4 atom stereocenters. The maximum absolute atomic E-state index is 12.7. The molecular formula is C52H90NO10P.